The largest absolute Gasteiger partial charge is 0.378 e. The lowest BCUT2D eigenvalue weighted by Crippen LogP contribution is -2.54. The standard InChI is InChI=1S/C22H25FN2O3/c1-15-3-4-16(11-19(15)23)20-6-5-17(12-26)21(24-20)22(27-2)7-9-25(10-8-22)18-13-28-14-18/h3-6,11-12,18H,7-10,13-14H2,1-2H3. The molecule has 148 valence electrons. The quantitative estimate of drug-likeness (QED) is 0.740. The molecule has 0 bridgehead atoms. The predicted molar refractivity (Wildman–Crippen MR) is 104 cm³/mol. The fourth-order valence-electron chi connectivity index (χ4n) is 4.06. The topological polar surface area (TPSA) is 51.7 Å². The van der Waals surface area contributed by atoms with E-state index in [0.29, 0.717) is 34.1 Å². The van der Waals surface area contributed by atoms with Crippen LogP contribution in [-0.2, 0) is 15.1 Å². The summed E-state index contributed by atoms with van der Waals surface area (Å²) < 4.78 is 25.3. The second kappa shape index (κ2) is 7.70. The van der Waals surface area contributed by atoms with Crippen molar-refractivity contribution in [3.05, 3.63) is 53.0 Å². The number of aryl methyl sites for hydroxylation is 1. The Balaban J connectivity index is 1.68. The highest BCUT2D eigenvalue weighted by atomic mass is 19.1. The zero-order chi connectivity index (χ0) is 19.7. The molecule has 0 spiro atoms. The van der Waals surface area contributed by atoms with Gasteiger partial charge in [-0.25, -0.2) is 9.37 Å². The Kier molecular flexibility index (Phi) is 5.27. The minimum atomic E-state index is -0.614. The molecular weight excluding hydrogens is 359 g/mol. The van der Waals surface area contributed by atoms with Crippen LogP contribution in [0.2, 0.25) is 0 Å². The van der Waals surface area contributed by atoms with Crippen molar-refractivity contribution in [3.63, 3.8) is 0 Å². The van der Waals surface area contributed by atoms with Crippen molar-refractivity contribution in [2.75, 3.05) is 33.4 Å². The number of hydrogen-bond acceptors (Lipinski definition) is 5. The normalized spacial score (nSPS) is 20.0. The van der Waals surface area contributed by atoms with Gasteiger partial charge in [-0.3, -0.25) is 9.69 Å². The molecule has 0 N–H and O–H groups in total. The van der Waals surface area contributed by atoms with Gasteiger partial charge in [0.1, 0.15) is 11.4 Å². The van der Waals surface area contributed by atoms with Crippen LogP contribution in [-0.4, -0.2) is 55.6 Å². The number of nitrogens with zero attached hydrogens (tertiary/aromatic N) is 2. The highest BCUT2D eigenvalue weighted by Gasteiger charge is 2.41. The number of benzene rings is 1. The van der Waals surface area contributed by atoms with Gasteiger partial charge in [-0.05, 0) is 43.5 Å². The van der Waals surface area contributed by atoms with Crippen LogP contribution in [0.25, 0.3) is 11.3 Å². The summed E-state index contributed by atoms with van der Waals surface area (Å²) >= 11 is 0. The first-order chi connectivity index (χ1) is 13.6. The smallest absolute Gasteiger partial charge is 0.151 e. The molecule has 3 heterocycles. The van der Waals surface area contributed by atoms with Crippen molar-refractivity contribution in [1.29, 1.82) is 0 Å². The van der Waals surface area contributed by atoms with Gasteiger partial charge in [0.15, 0.2) is 6.29 Å². The number of pyridine rings is 1. The first-order valence-electron chi connectivity index (χ1n) is 9.66. The second-order valence-electron chi connectivity index (χ2n) is 7.64. The number of ether oxygens (including phenoxy) is 2. The van der Waals surface area contributed by atoms with Crippen molar-refractivity contribution in [1.82, 2.24) is 9.88 Å². The fourth-order valence-corrected chi connectivity index (χ4v) is 4.06. The van der Waals surface area contributed by atoms with E-state index in [1.807, 2.05) is 6.07 Å². The van der Waals surface area contributed by atoms with Crippen LogP contribution in [0.15, 0.2) is 30.3 Å². The maximum atomic E-state index is 14.0. The van der Waals surface area contributed by atoms with Gasteiger partial charge in [0.25, 0.3) is 0 Å². The average molecular weight is 384 g/mol. The number of aromatic nitrogens is 1. The lowest BCUT2D eigenvalue weighted by atomic mass is 9.84. The lowest BCUT2D eigenvalue weighted by Gasteiger charge is -2.45. The molecule has 0 saturated carbocycles. The van der Waals surface area contributed by atoms with Gasteiger partial charge in [-0.1, -0.05) is 12.1 Å². The van der Waals surface area contributed by atoms with E-state index in [1.54, 1.807) is 32.2 Å². The third-order valence-corrected chi connectivity index (χ3v) is 6.09. The molecule has 2 fully saturated rings. The molecule has 5 nitrogen and oxygen atoms in total. The maximum absolute atomic E-state index is 14.0. The molecule has 28 heavy (non-hydrogen) atoms. The Hall–Kier alpha value is -2.15. The van der Waals surface area contributed by atoms with E-state index in [0.717, 1.165) is 45.4 Å². The van der Waals surface area contributed by atoms with Crippen LogP contribution in [0.5, 0.6) is 0 Å². The lowest BCUT2D eigenvalue weighted by molar-refractivity contribution is -0.114. The summed E-state index contributed by atoms with van der Waals surface area (Å²) in [6.45, 7) is 5.03. The number of methoxy groups -OCH3 is 1. The highest BCUT2D eigenvalue weighted by Crippen LogP contribution is 2.38. The van der Waals surface area contributed by atoms with Gasteiger partial charge >= 0.3 is 0 Å². The Morgan fingerprint density at radius 2 is 2.00 bits per heavy atom. The molecule has 4 rings (SSSR count). The summed E-state index contributed by atoms with van der Waals surface area (Å²) in [6.07, 6.45) is 2.33. The SMILES string of the molecule is COC1(c2nc(-c3ccc(C)c(F)c3)ccc2C=O)CCN(C2COC2)CC1. The van der Waals surface area contributed by atoms with Crippen LogP contribution < -0.4 is 0 Å². The minimum Gasteiger partial charge on any atom is -0.378 e. The molecule has 0 radical (unpaired) electrons. The molecule has 2 aromatic rings. The molecule has 1 aromatic carbocycles. The Morgan fingerprint density at radius 3 is 2.57 bits per heavy atom. The first-order valence-corrected chi connectivity index (χ1v) is 9.66. The van der Waals surface area contributed by atoms with E-state index in [-0.39, 0.29) is 5.82 Å². The van der Waals surface area contributed by atoms with Crippen molar-refractivity contribution in [2.45, 2.75) is 31.4 Å². The number of carbonyl (C=O) groups is 1. The molecule has 2 saturated heterocycles. The number of halogens is 1. The monoisotopic (exact) mass is 384 g/mol. The van der Waals surface area contributed by atoms with Crippen molar-refractivity contribution in [3.8, 4) is 11.3 Å². The van der Waals surface area contributed by atoms with E-state index in [1.165, 1.54) is 6.07 Å². The number of aldehydes is 1. The van der Waals surface area contributed by atoms with Crippen LogP contribution in [0.1, 0.15) is 34.5 Å². The van der Waals surface area contributed by atoms with Crippen LogP contribution >= 0.6 is 0 Å². The van der Waals surface area contributed by atoms with E-state index in [9.17, 15) is 9.18 Å². The molecular formula is C22H25FN2O3. The number of hydrogen-bond donors (Lipinski definition) is 0. The molecule has 2 aliphatic rings. The van der Waals surface area contributed by atoms with Gasteiger partial charge in [0, 0.05) is 31.3 Å². The molecule has 6 heteroatoms. The Morgan fingerprint density at radius 1 is 1.25 bits per heavy atom. The second-order valence-corrected chi connectivity index (χ2v) is 7.64. The summed E-state index contributed by atoms with van der Waals surface area (Å²) in [4.78, 5) is 18.9. The number of rotatable bonds is 5. The first kappa shape index (κ1) is 19.2. The van der Waals surface area contributed by atoms with Crippen LogP contribution in [0, 0.1) is 12.7 Å². The van der Waals surface area contributed by atoms with E-state index in [2.05, 4.69) is 4.90 Å². The number of likely N-dealkylation sites (tertiary alicyclic amines) is 1. The molecule has 0 atom stereocenters. The Labute approximate surface area is 164 Å². The number of piperidine rings is 1. The highest BCUT2D eigenvalue weighted by molar-refractivity contribution is 5.78. The van der Waals surface area contributed by atoms with E-state index >= 15 is 0 Å². The summed E-state index contributed by atoms with van der Waals surface area (Å²) in [5.74, 6) is -0.266. The Bertz CT molecular complexity index is 874. The maximum Gasteiger partial charge on any atom is 0.151 e. The van der Waals surface area contributed by atoms with E-state index in [4.69, 9.17) is 14.5 Å². The summed E-state index contributed by atoms with van der Waals surface area (Å²) in [6, 6.07) is 9.09. The number of carbonyl (C=O) groups excluding carboxylic acids is 1. The summed E-state index contributed by atoms with van der Waals surface area (Å²) in [5, 5.41) is 0. The van der Waals surface area contributed by atoms with Crippen LogP contribution in [0.4, 0.5) is 4.39 Å². The molecule has 0 unspecified atom stereocenters. The zero-order valence-electron chi connectivity index (χ0n) is 16.3. The van der Waals surface area contributed by atoms with Gasteiger partial charge in [0.05, 0.1) is 30.6 Å². The fraction of sp³-hybridized carbons (Fsp3) is 0.455. The third kappa shape index (κ3) is 3.36. The molecule has 1 aromatic heterocycles. The van der Waals surface area contributed by atoms with E-state index < -0.39 is 5.60 Å². The average Bonchev–Trinajstić information content (AvgIpc) is 2.69. The van der Waals surface area contributed by atoms with Crippen LogP contribution in [0.3, 0.4) is 0 Å². The van der Waals surface area contributed by atoms with Gasteiger partial charge in [0.2, 0.25) is 0 Å². The summed E-state index contributed by atoms with van der Waals surface area (Å²) in [5.41, 5.74) is 2.49. The van der Waals surface area contributed by atoms with Gasteiger partial charge < -0.3 is 9.47 Å². The summed E-state index contributed by atoms with van der Waals surface area (Å²) in [7, 11) is 1.68. The van der Waals surface area contributed by atoms with Crippen molar-refractivity contribution >= 4 is 6.29 Å². The van der Waals surface area contributed by atoms with Crippen molar-refractivity contribution < 1.29 is 18.7 Å². The van der Waals surface area contributed by atoms with Crippen molar-refractivity contribution in [2.24, 2.45) is 0 Å². The molecule has 0 aliphatic carbocycles. The van der Waals surface area contributed by atoms with Gasteiger partial charge in [-0.2, -0.15) is 0 Å². The predicted octanol–water partition coefficient (Wildman–Crippen LogP) is 3.34. The molecule has 0 amide bonds. The minimum absolute atomic E-state index is 0.266. The molecule has 2 aliphatic heterocycles. The third-order valence-electron chi connectivity index (χ3n) is 6.09. The van der Waals surface area contributed by atoms with Gasteiger partial charge in [-0.15, -0.1) is 0 Å². The zero-order valence-corrected chi connectivity index (χ0v) is 16.3.